The highest BCUT2D eigenvalue weighted by atomic mass is 32.2. The van der Waals surface area contributed by atoms with Gasteiger partial charge in [0, 0.05) is 5.56 Å². The molecule has 0 bridgehead atoms. The Morgan fingerprint density at radius 2 is 1.90 bits per heavy atom. The topological polar surface area (TPSA) is 62.6 Å². The summed E-state index contributed by atoms with van der Waals surface area (Å²) in [5, 5.41) is 3.05. The summed E-state index contributed by atoms with van der Waals surface area (Å²) < 4.78 is 5.41. The van der Waals surface area contributed by atoms with Crippen LogP contribution in [0.3, 0.4) is 0 Å². The molecule has 4 rings (SSSR count). The molecule has 0 aliphatic carbocycles. The van der Waals surface area contributed by atoms with Crippen LogP contribution < -0.4 is 5.32 Å². The Balaban J connectivity index is 1.45. The zero-order chi connectivity index (χ0) is 21.8. The molecule has 1 aromatic heterocycles. The third-order valence-electron chi connectivity index (χ3n) is 5.53. The zero-order valence-corrected chi connectivity index (χ0v) is 18.5. The van der Waals surface area contributed by atoms with Crippen LogP contribution in [0.4, 0.5) is 0 Å². The van der Waals surface area contributed by atoms with E-state index in [1.54, 1.807) is 18.0 Å². The molecule has 2 atom stereocenters. The predicted octanol–water partition coefficient (Wildman–Crippen LogP) is 5.24. The van der Waals surface area contributed by atoms with E-state index in [2.05, 4.69) is 43.4 Å². The molecule has 0 unspecified atom stereocenters. The van der Waals surface area contributed by atoms with E-state index in [9.17, 15) is 9.59 Å². The minimum absolute atomic E-state index is 0.0282. The van der Waals surface area contributed by atoms with Crippen LogP contribution in [0, 0.1) is 6.92 Å². The van der Waals surface area contributed by atoms with Crippen molar-refractivity contribution in [2.45, 2.75) is 38.2 Å². The van der Waals surface area contributed by atoms with E-state index < -0.39 is 0 Å². The molecule has 1 saturated heterocycles. The maximum Gasteiger partial charge on any atom is 0.251 e. The summed E-state index contributed by atoms with van der Waals surface area (Å²) in [5.41, 5.74) is 3.92. The fraction of sp³-hybridized carbons (Fsp3) is 0.280. The number of carbonyl (C=O) groups is 2. The van der Waals surface area contributed by atoms with Gasteiger partial charge in [-0.05, 0) is 48.7 Å². The lowest BCUT2D eigenvalue weighted by Crippen LogP contribution is -2.28. The fourth-order valence-corrected chi connectivity index (χ4v) is 4.92. The minimum Gasteiger partial charge on any atom is -0.467 e. The second-order valence-electron chi connectivity index (χ2n) is 7.73. The number of aryl methyl sites for hydroxylation is 1. The number of rotatable bonds is 7. The average molecular weight is 435 g/mol. The van der Waals surface area contributed by atoms with Gasteiger partial charge in [-0.15, -0.1) is 11.8 Å². The zero-order valence-electron chi connectivity index (χ0n) is 17.7. The van der Waals surface area contributed by atoms with Crippen molar-refractivity contribution in [3.05, 3.63) is 94.9 Å². The normalized spacial score (nSPS) is 17.0. The molecule has 6 heteroatoms. The van der Waals surface area contributed by atoms with Crippen LogP contribution in [0.15, 0.2) is 71.3 Å². The summed E-state index contributed by atoms with van der Waals surface area (Å²) in [4.78, 5) is 27.0. The number of benzene rings is 2. The molecule has 0 radical (unpaired) electrons. The Morgan fingerprint density at radius 3 is 2.55 bits per heavy atom. The van der Waals surface area contributed by atoms with Crippen LogP contribution in [0.25, 0.3) is 0 Å². The SMILES string of the molecule is CC[C@H](NC(=O)c1ccc([C@@H]2SCC(=O)N2Cc2ccco2)cc1)c1ccc(C)cc1. The molecule has 2 heterocycles. The molecule has 160 valence electrons. The number of nitrogens with one attached hydrogen (secondary N) is 1. The lowest BCUT2D eigenvalue weighted by atomic mass is 10.0. The van der Waals surface area contributed by atoms with Crippen molar-refractivity contribution in [1.82, 2.24) is 10.2 Å². The Morgan fingerprint density at radius 1 is 1.16 bits per heavy atom. The molecule has 3 aromatic rings. The number of carbonyl (C=O) groups excluding carboxylic acids is 2. The first-order chi connectivity index (χ1) is 15.0. The van der Waals surface area contributed by atoms with Crippen LogP contribution in [0.2, 0.25) is 0 Å². The van der Waals surface area contributed by atoms with Crippen molar-refractivity contribution >= 4 is 23.6 Å². The van der Waals surface area contributed by atoms with Crippen molar-refractivity contribution in [2.75, 3.05) is 5.75 Å². The smallest absolute Gasteiger partial charge is 0.251 e. The first kappa shape index (κ1) is 21.2. The van der Waals surface area contributed by atoms with Gasteiger partial charge < -0.3 is 14.6 Å². The van der Waals surface area contributed by atoms with E-state index in [1.165, 1.54) is 5.56 Å². The molecule has 0 spiro atoms. The molecule has 2 aromatic carbocycles. The third-order valence-corrected chi connectivity index (χ3v) is 6.78. The Labute approximate surface area is 186 Å². The van der Waals surface area contributed by atoms with Crippen LogP contribution in [0.5, 0.6) is 0 Å². The third kappa shape index (κ3) is 4.85. The first-order valence-electron chi connectivity index (χ1n) is 10.5. The highest BCUT2D eigenvalue weighted by Gasteiger charge is 2.33. The van der Waals surface area contributed by atoms with E-state index in [0.29, 0.717) is 17.9 Å². The van der Waals surface area contributed by atoms with Crippen LogP contribution in [0.1, 0.15) is 57.6 Å². The molecule has 31 heavy (non-hydrogen) atoms. The number of furan rings is 1. The largest absolute Gasteiger partial charge is 0.467 e. The van der Waals surface area contributed by atoms with E-state index >= 15 is 0 Å². The molecule has 1 aliphatic rings. The number of hydrogen-bond donors (Lipinski definition) is 1. The summed E-state index contributed by atoms with van der Waals surface area (Å²) in [5.74, 6) is 1.21. The van der Waals surface area contributed by atoms with Crippen molar-refractivity contribution < 1.29 is 14.0 Å². The molecule has 1 aliphatic heterocycles. The van der Waals surface area contributed by atoms with Gasteiger partial charge in [0.2, 0.25) is 5.91 Å². The molecule has 2 amide bonds. The van der Waals surface area contributed by atoms with E-state index in [1.807, 2.05) is 41.3 Å². The number of hydrogen-bond acceptors (Lipinski definition) is 4. The molecular weight excluding hydrogens is 408 g/mol. The maximum absolute atomic E-state index is 12.8. The molecule has 5 nitrogen and oxygen atoms in total. The minimum atomic E-state index is -0.0958. The summed E-state index contributed by atoms with van der Waals surface area (Å²) in [6.07, 6.45) is 2.43. The quantitative estimate of drug-likeness (QED) is 0.552. The lowest BCUT2D eigenvalue weighted by Gasteiger charge is -2.23. The molecule has 1 fully saturated rings. The lowest BCUT2D eigenvalue weighted by molar-refractivity contribution is -0.128. The summed E-state index contributed by atoms with van der Waals surface area (Å²) in [6, 6.07) is 19.5. The second kappa shape index (κ2) is 9.43. The van der Waals surface area contributed by atoms with Crippen LogP contribution in [-0.4, -0.2) is 22.5 Å². The molecule has 0 saturated carbocycles. The average Bonchev–Trinajstić information content (AvgIpc) is 3.43. The molecule has 1 N–H and O–H groups in total. The van der Waals surface area contributed by atoms with Gasteiger partial charge in [-0.25, -0.2) is 0 Å². The van der Waals surface area contributed by atoms with Crippen molar-refractivity contribution in [3.8, 4) is 0 Å². The Kier molecular flexibility index (Phi) is 6.47. The summed E-state index contributed by atoms with van der Waals surface area (Å²) in [6.45, 7) is 4.56. The highest BCUT2D eigenvalue weighted by Crippen LogP contribution is 2.39. The van der Waals surface area contributed by atoms with Gasteiger partial charge in [-0.2, -0.15) is 0 Å². The monoisotopic (exact) mass is 434 g/mol. The van der Waals surface area contributed by atoms with Crippen molar-refractivity contribution in [3.63, 3.8) is 0 Å². The van der Waals surface area contributed by atoms with Gasteiger partial charge in [0.05, 0.1) is 24.6 Å². The maximum atomic E-state index is 12.8. The first-order valence-corrected chi connectivity index (χ1v) is 11.5. The van der Waals surface area contributed by atoms with E-state index in [0.717, 1.165) is 23.3 Å². The van der Waals surface area contributed by atoms with Gasteiger partial charge in [0.1, 0.15) is 11.1 Å². The standard InChI is InChI=1S/C25H26N2O3S/c1-3-22(18-8-6-17(2)7-9-18)26-24(29)19-10-12-20(13-11-19)25-27(23(28)16-31-25)15-21-5-4-14-30-21/h4-14,22,25H,3,15-16H2,1-2H3,(H,26,29)/t22-,25-/m0/s1. The van der Waals surface area contributed by atoms with Crippen molar-refractivity contribution in [1.29, 1.82) is 0 Å². The number of thioether (sulfide) groups is 1. The fourth-order valence-electron chi connectivity index (χ4n) is 3.73. The van der Waals surface area contributed by atoms with Gasteiger partial charge in [0.15, 0.2) is 0 Å². The summed E-state index contributed by atoms with van der Waals surface area (Å²) >= 11 is 1.59. The second-order valence-corrected chi connectivity index (χ2v) is 8.80. The van der Waals surface area contributed by atoms with E-state index in [-0.39, 0.29) is 23.2 Å². The number of amides is 2. The summed E-state index contributed by atoms with van der Waals surface area (Å²) in [7, 11) is 0. The Bertz CT molecular complexity index is 1030. The van der Waals surface area contributed by atoms with E-state index in [4.69, 9.17) is 4.42 Å². The Hall–Kier alpha value is -2.99. The highest BCUT2D eigenvalue weighted by molar-refractivity contribution is 8.00. The van der Waals surface area contributed by atoms with Gasteiger partial charge in [-0.3, -0.25) is 9.59 Å². The molecular formula is C25H26N2O3S. The van der Waals surface area contributed by atoms with Gasteiger partial charge >= 0.3 is 0 Å². The van der Waals surface area contributed by atoms with Gasteiger partial charge in [-0.1, -0.05) is 48.9 Å². The van der Waals surface area contributed by atoms with Crippen LogP contribution >= 0.6 is 11.8 Å². The predicted molar refractivity (Wildman–Crippen MR) is 123 cm³/mol. The number of nitrogens with zero attached hydrogens (tertiary/aromatic N) is 1. The van der Waals surface area contributed by atoms with Gasteiger partial charge in [0.25, 0.3) is 5.91 Å². The van der Waals surface area contributed by atoms with Crippen molar-refractivity contribution in [2.24, 2.45) is 0 Å². The van der Waals surface area contributed by atoms with Crippen LogP contribution in [-0.2, 0) is 11.3 Å².